The van der Waals surface area contributed by atoms with Crippen LogP contribution >= 0.6 is 0 Å². The third kappa shape index (κ3) is 2.00. The molecule has 0 saturated heterocycles. The molecule has 0 bridgehead atoms. The predicted molar refractivity (Wildman–Crippen MR) is 37.2 cm³/mol. The first-order valence-electron chi connectivity index (χ1n) is 3.54. The van der Waals surface area contributed by atoms with Gasteiger partial charge in [-0.3, -0.25) is 0 Å². The van der Waals surface area contributed by atoms with Gasteiger partial charge in [-0.2, -0.15) is 0 Å². The molecular formula is C8H12O. The van der Waals surface area contributed by atoms with Gasteiger partial charge in [0.15, 0.2) is 0 Å². The minimum absolute atomic E-state index is 0.552. The van der Waals surface area contributed by atoms with E-state index >= 15 is 0 Å². The monoisotopic (exact) mass is 124 g/mol. The number of hydrogen-bond acceptors (Lipinski definition) is 1. The van der Waals surface area contributed by atoms with E-state index in [0.29, 0.717) is 5.92 Å². The Balaban J connectivity index is 2.31. The van der Waals surface area contributed by atoms with Crippen molar-refractivity contribution in [3.8, 4) is 0 Å². The second kappa shape index (κ2) is 3.44. The highest BCUT2D eigenvalue weighted by molar-refractivity contribution is 5.50. The fourth-order valence-corrected chi connectivity index (χ4v) is 1.20. The summed E-state index contributed by atoms with van der Waals surface area (Å²) in [5.41, 5.74) is 0. The lowest BCUT2D eigenvalue weighted by Crippen LogP contribution is -2.00. The van der Waals surface area contributed by atoms with Crippen LogP contribution in [0, 0.1) is 5.92 Å². The maximum atomic E-state index is 10.0. The molecule has 0 fully saturated rings. The normalized spacial score (nSPS) is 26.0. The molecule has 1 aliphatic carbocycles. The van der Waals surface area contributed by atoms with E-state index in [4.69, 9.17) is 0 Å². The Kier molecular flexibility index (Phi) is 2.49. The first kappa shape index (κ1) is 6.53. The van der Waals surface area contributed by atoms with Crippen LogP contribution in [-0.4, -0.2) is 6.29 Å². The molecule has 0 amide bonds. The fourth-order valence-electron chi connectivity index (χ4n) is 1.20. The van der Waals surface area contributed by atoms with Crippen molar-refractivity contribution in [2.75, 3.05) is 0 Å². The zero-order valence-corrected chi connectivity index (χ0v) is 5.55. The summed E-state index contributed by atoms with van der Waals surface area (Å²) in [7, 11) is 0. The Bertz CT molecular complexity index is 116. The second-order valence-corrected chi connectivity index (χ2v) is 2.52. The van der Waals surface area contributed by atoms with Crippen molar-refractivity contribution in [3.63, 3.8) is 0 Å². The molecule has 1 atom stereocenters. The van der Waals surface area contributed by atoms with Crippen molar-refractivity contribution in [3.05, 3.63) is 12.2 Å². The molecule has 50 valence electrons. The fraction of sp³-hybridized carbons (Fsp3) is 0.625. The van der Waals surface area contributed by atoms with E-state index in [2.05, 4.69) is 12.2 Å². The van der Waals surface area contributed by atoms with E-state index in [1.54, 1.807) is 0 Å². The van der Waals surface area contributed by atoms with Crippen molar-refractivity contribution in [1.29, 1.82) is 0 Å². The van der Waals surface area contributed by atoms with Gasteiger partial charge in [0, 0.05) is 6.42 Å². The minimum Gasteiger partial charge on any atom is -0.303 e. The predicted octanol–water partition coefficient (Wildman–Crippen LogP) is 1.93. The summed E-state index contributed by atoms with van der Waals surface area (Å²) in [6, 6.07) is 0. The molecule has 0 aromatic carbocycles. The minimum atomic E-state index is 0.552. The molecular weight excluding hydrogens is 112 g/mol. The van der Waals surface area contributed by atoms with Crippen LogP contribution < -0.4 is 0 Å². The largest absolute Gasteiger partial charge is 0.303 e. The van der Waals surface area contributed by atoms with E-state index < -0.39 is 0 Å². The summed E-state index contributed by atoms with van der Waals surface area (Å²) in [5, 5.41) is 0. The standard InChI is InChI=1S/C8H12O/c9-7-6-8-4-2-1-3-5-8/h2,4,7-8H,1,3,5-6H2. The van der Waals surface area contributed by atoms with E-state index in [1.807, 2.05) is 0 Å². The highest BCUT2D eigenvalue weighted by atomic mass is 16.1. The van der Waals surface area contributed by atoms with Crippen molar-refractivity contribution in [2.45, 2.75) is 25.7 Å². The first-order valence-corrected chi connectivity index (χ1v) is 3.54. The number of aldehydes is 1. The topological polar surface area (TPSA) is 17.1 Å². The number of carbonyl (C=O) groups excluding carboxylic acids is 1. The van der Waals surface area contributed by atoms with Gasteiger partial charge in [0.25, 0.3) is 0 Å². The maximum Gasteiger partial charge on any atom is 0.120 e. The summed E-state index contributed by atoms with van der Waals surface area (Å²) in [6.45, 7) is 0. The van der Waals surface area contributed by atoms with E-state index in [-0.39, 0.29) is 0 Å². The molecule has 1 aliphatic rings. The van der Waals surface area contributed by atoms with Gasteiger partial charge in [0.1, 0.15) is 6.29 Å². The van der Waals surface area contributed by atoms with Crippen LogP contribution in [0.3, 0.4) is 0 Å². The molecule has 0 heterocycles. The van der Waals surface area contributed by atoms with Crippen LogP contribution in [0.15, 0.2) is 12.2 Å². The van der Waals surface area contributed by atoms with Gasteiger partial charge in [-0.1, -0.05) is 12.2 Å². The quantitative estimate of drug-likeness (QED) is 0.406. The van der Waals surface area contributed by atoms with Crippen molar-refractivity contribution >= 4 is 6.29 Å². The number of rotatable bonds is 2. The van der Waals surface area contributed by atoms with Gasteiger partial charge < -0.3 is 4.79 Å². The van der Waals surface area contributed by atoms with Gasteiger partial charge in [0.05, 0.1) is 0 Å². The third-order valence-corrected chi connectivity index (χ3v) is 1.75. The molecule has 9 heavy (non-hydrogen) atoms. The molecule has 1 nitrogen and oxygen atoms in total. The molecule has 1 rings (SSSR count). The molecule has 1 heteroatoms. The Morgan fingerprint density at radius 2 is 2.56 bits per heavy atom. The Labute approximate surface area is 55.8 Å². The summed E-state index contributed by atoms with van der Waals surface area (Å²) in [4.78, 5) is 10.0. The summed E-state index contributed by atoms with van der Waals surface area (Å²) >= 11 is 0. The number of allylic oxidation sites excluding steroid dienone is 2. The highest BCUT2D eigenvalue weighted by Crippen LogP contribution is 2.18. The SMILES string of the molecule is O=CCC1C=CCCC1. The van der Waals surface area contributed by atoms with Crippen LogP contribution in [0.2, 0.25) is 0 Å². The number of hydrogen-bond donors (Lipinski definition) is 0. The summed E-state index contributed by atoms with van der Waals surface area (Å²) < 4.78 is 0. The molecule has 1 unspecified atom stereocenters. The Morgan fingerprint density at radius 1 is 1.67 bits per heavy atom. The second-order valence-electron chi connectivity index (χ2n) is 2.52. The van der Waals surface area contributed by atoms with Gasteiger partial charge in [-0.15, -0.1) is 0 Å². The molecule has 0 aromatic rings. The van der Waals surface area contributed by atoms with Crippen LogP contribution in [0.4, 0.5) is 0 Å². The average Bonchev–Trinajstić information content (AvgIpc) is 1.91. The van der Waals surface area contributed by atoms with Gasteiger partial charge >= 0.3 is 0 Å². The lowest BCUT2D eigenvalue weighted by molar-refractivity contribution is -0.108. The molecule has 0 aliphatic heterocycles. The lowest BCUT2D eigenvalue weighted by Gasteiger charge is -2.11. The molecule has 0 aromatic heterocycles. The van der Waals surface area contributed by atoms with Crippen LogP contribution in [0.1, 0.15) is 25.7 Å². The molecule has 0 spiro atoms. The Morgan fingerprint density at radius 3 is 3.11 bits per heavy atom. The van der Waals surface area contributed by atoms with Crippen molar-refractivity contribution in [1.82, 2.24) is 0 Å². The van der Waals surface area contributed by atoms with Crippen molar-refractivity contribution < 1.29 is 4.79 Å². The van der Waals surface area contributed by atoms with E-state index in [0.717, 1.165) is 12.7 Å². The van der Waals surface area contributed by atoms with E-state index in [1.165, 1.54) is 19.3 Å². The van der Waals surface area contributed by atoms with E-state index in [9.17, 15) is 4.79 Å². The lowest BCUT2D eigenvalue weighted by atomic mass is 9.94. The van der Waals surface area contributed by atoms with Crippen LogP contribution in [0.5, 0.6) is 0 Å². The van der Waals surface area contributed by atoms with Crippen LogP contribution in [0.25, 0.3) is 0 Å². The zero-order valence-electron chi connectivity index (χ0n) is 5.55. The summed E-state index contributed by atoms with van der Waals surface area (Å²) in [5.74, 6) is 0.552. The maximum absolute atomic E-state index is 10.0. The molecule has 0 N–H and O–H groups in total. The Hall–Kier alpha value is -0.590. The van der Waals surface area contributed by atoms with Gasteiger partial charge in [-0.25, -0.2) is 0 Å². The highest BCUT2D eigenvalue weighted by Gasteiger charge is 2.05. The van der Waals surface area contributed by atoms with Crippen LogP contribution in [-0.2, 0) is 4.79 Å². The zero-order chi connectivity index (χ0) is 6.53. The average molecular weight is 124 g/mol. The third-order valence-electron chi connectivity index (χ3n) is 1.75. The number of carbonyl (C=O) groups is 1. The molecule has 0 saturated carbocycles. The van der Waals surface area contributed by atoms with Gasteiger partial charge in [-0.05, 0) is 25.2 Å². The molecule has 0 radical (unpaired) electrons. The van der Waals surface area contributed by atoms with Crippen molar-refractivity contribution in [2.24, 2.45) is 5.92 Å². The first-order chi connectivity index (χ1) is 4.43. The van der Waals surface area contributed by atoms with Gasteiger partial charge in [0.2, 0.25) is 0 Å². The summed E-state index contributed by atoms with van der Waals surface area (Å²) in [6.07, 6.45) is 9.74. The smallest absolute Gasteiger partial charge is 0.120 e.